The number of hydrogen-bond acceptors (Lipinski definition) is 2. The first-order valence-corrected chi connectivity index (χ1v) is 8.87. The molecule has 0 aromatic heterocycles. The van der Waals surface area contributed by atoms with Gasteiger partial charge >= 0.3 is 0 Å². The molecule has 0 aliphatic carbocycles. The monoisotopic (exact) mass is 338 g/mol. The predicted octanol–water partition coefficient (Wildman–Crippen LogP) is 4.13. The second-order valence-electron chi connectivity index (χ2n) is 6.03. The van der Waals surface area contributed by atoms with Gasteiger partial charge in [-0.25, -0.2) is 0 Å². The smallest absolute Gasteiger partial charge is 0.253 e. The van der Waals surface area contributed by atoms with Crippen LogP contribution in [0.15, 0.2) is 54.6 Å². The van der Waals surface area contributed by atoms with Gasteiger partial charge in [-0.2, -0.15) is 0 Å². The number of benzene rings is 2. The van der Waals surface area contributed by atoms with Crippen molar-refractivity contribution in [2.24, 2.45) is 0 Å². The number of nitrogens with one attached hydrogen (secondary N) is 1. The van der Waals surface area contributed by atoms with E-state index < -0.39 is 0 Å². The van der Waals surface area contributed by atoms with E-state index >= 15 is 0 Å². The molecule has 0 fully saturated rings. The van der Waals surface area contributed by atoms with E-state index in [4.69, 9.17) is 0 Å². The van der Waals surface area contributed by atoms with Crippen molar-refractivity contribution in [3.8, 4) is 0 Å². The number of carbonyl (C=O) groups excluding carboxylic acids is 2. The van der Waals surface area contributed by atoms with Crippen LogP contribution in [0.3, 0.4) is 0 Å². The molecule has 2 rings (SSSR count). The lowest BCUT2D eigenvalue weighted by Crippen LogP contribution is -2.31. The van der Waals surface area contributed by atoms with E-state index in [1.165, 1.54) is 0 Å². The van der Waals surface area contributed by atoms with Gasteiger partial charge in [-0.3, -0.25) is 9.59 Å². The van der Waals surface area contributed by atoms with Crippen LogP contribution >= 0.6 is 0 Å². The highest BCUT2D eigenvalue weighted by atomic mass is 16.2. The molecule has 4 heteroatoms. The van der Waals surface area contributed by atoms with Crippen LogP contribution in [0.4, 0.5) is 5.69 Å². The van der Waals surface area contributed by atoms with E-state index in [2.05, 4.69) is 12.2 Å². The number of anilines is 1. The molecule has 0 radical (unpaired) electrons. The zero-order valence-electron chi connectivity index (χ0n) is 15.0. The zero-order chi connectivity index (χ0) is 18.1. The van der Waals surface area contributed by atoms with Crippen LogP contribution in [0.5, 0.6) is 0 Å². The third kappa shape index (κ3) is 5.75. The second-order valence-corrected chi connectivity index (χ2v) is 6.03. The average Bonchev–Trinajstić information content (AvgIpc) is 2.63. The van der Waals surface area contributed by atoms with Crippen LogP contribution in [0, 0.1) is 0 Å². The number of unbranched alkanes of at least 4 members (excludes halogenated alkanes) is 1. The molecule has 0 aliphatic rings. The molecule has 0 saturated heterocycles. The molecule has 132 valence electrons. The minimum absolute atomic E-state index is 0.0399. The van der Waals surface area contributed by atoms with Gasteiger partial charge in [-0.15, -0.1) is 0 Å². The van der Waals surface area contributed by atoms with Crippen molar-refractivity contribution >= 4 is 17.5 Å². The molecule has 0 bridgehead atoms. The SMILES string of the molecule is CCCCN(CC)C(=O)c1ccc(NC(=O)Cc2ccccc2)cc1. The molecule has 2 amide bonds. The molecule has 0 heterocycles. The molecular weight excluding hydrogens is 312 g/mol. The molecule has 0 saturated carbocycles. The Morgan fingerprint density at radius 3 is 2.24 bits per heavy atom. The molecule has 25 heavy (non-hydrogen) atoms. The van der Waals surface area contributed by atoms with E-state index in [1.807, 2.05) is 42.2 Å². The fourth-order valence-corrected chi connectivity index (χ4v) is 2.62. The van der Waals surface area contributed by atoms with Gasteiger partial charge in [0.25, 0.3) is 5.91 Å². The molecule has 0 unspecified atom stereocenters. The predicted molar refractivity (Wildman–Crippen MR) is 102 cm³/mol. The van der Waals surface area contributed by atoms with Crippen LogP contribution < -0.4 is 5.32 Å². The summed E-state index contributed by atoms with van der Waals surface area (Å²) >= 11 is 0. The lowest BCUT2D eigenvalue weighted by Gasteiger charge is -2.20. The Kier molecular flexibility index (Phi) is 7.20. The van der Waals surface area contributed by atoms with Gasteiger partial charge in [-0.05, 0) is 43.2 Å². The first kappa shape index (κ1) is 18.7. The summed E-state index contributed by atoms with van der Waals surface area (Å²) in [5.41, 5.74) is 2.33. The first-order chi connectivity index (χ1) is 12.1. The fourth-order valence-electron chi connectivity index (χ4n) is 2.62. The average molecular weight is 338 g/mol. The van der Waals surface area contributed by atoms with Gasteiger partial charge in [0.2, 0.25) is 5.91 Å². The van der Waals surface area contributed by atoms with E-state index in [-0.39, 0.29) is 11.8 Å². The van der Waals surface area contributed by atoms with E-state index in [0.29, 0.717) is 24.2 Å². The van der Waals surface area contributed by atoms with Crippen molar-refractivity contribution in [2.75, 3.05) is 18.4 Å². The van der Waals surface area contributed by atoms with E-state index in [9.17, 15) is 9.59 Å². The summed E-state index contributed by atoms with van der Waals surface area (Å²) < 4.78 is 0. The minimum Gasteiger partial charge on any atom is -0.339 e. The van der Waals surface area contributed by atoms with Gasteiger partial charge in [0.15, 0.2) is 0 Å². The van der Waals surface area contributed by atoms with Crippen LogP contribution in [-0.2, 0) is 11.2 Å². The molecule has 2 aromatic carbocycles. The maximum absolute atomic E-state index is 12.5. The highest BCUT2D eigenvalue weighted by Gasteiger charge is 2.13. The standard InChI is InChI=1S/C21H26N2O2/c1-3-5-15-23(4-2)21(25)18-11-13-19(14-12-18)22-20(24)16-17-9-7-6-8-10-17/h6-14H,3-5,15-16H2,1-2H3,(H,22,24). The second kappa shape index (κ2) is 9.62. The highest BCUT2D eigenvalue weighted by molar-refractivity contribution is 5.96. The number of hydrogen-bond donors (Lipinski definition) is 1. The van der Waals surface area contributed by atoms with Gasteiger partial charge in [0.05, 0.1) is 6.42 Å². The lowest BCUT2D eigenvalue weighted by molar-refractivity contribution is -0.115. The summed E-state index contributed by atoms with van der Waals surface area (Å²) in [6, 6.07) is 16.7. The summed E-state index contributed by atoms with van der Waals surface area (Å²) in [6.07, 6.45) is 2.41. The van der Waals surface area contributed by atoms with Gasteiger partial charge in [0.1, 0.15) is 0 Å². The van der Waals surface area contributed by atoms with Crippen LogP contribution in [0.2, 0.25) is 0 Å². The molecule has 0 aliphatic heterocycles. The largest absolute Gasteiger partial charge is 0.339 e. The summed E-state index contributed by atoms with van der Waals surface area (Å²) in [4.78, 5) is 26.4. The molecule has 1 N–H and O–H groups in total. The zero-order valence-corrected chi connectivity index (χ0v) is 15.0. The van der Waals surface area contributed by atoms with E-state index in [1.54, 1.807) is 24.3 Å². The summed E-state index contributed by atoms with van der Waals surface area (Å²) in [5, 5.41) is 2.87. The third-order valence-electron chi connectivity index (χ3n) is 4.07. The summed E-state index contributed by atoms with van der Waals surface area (Å²) in [7, 11) is 0. The maximum Gasteiger partial charge on any atom is 0.253 e. The quantitative estimate of drug-likeness (QED) is 0.787. The van der Waals surface area contributed by atoms with Crippen LogP contribution in [-0.4, -0.2) is 29.8 Å². The number of rotatable bonds is 8. The summed E-state index contributed by atoms with van der Waals surface area (Å²) in [6.45, 7) is 5.59. The molecule has 2 aromatic rings. The van der Waals surface area contributed by atoms with Crippen molar-refractivity contribution in [3.63, 3.8) is 0 Å². The number of carbonyl (C=O) groups is 2. The van der Waals surface area contributed by atoms with Crippen molar-refractivity contribution < 1.29 is 9.59 Å². The van der Waals surface area contributed by atoms with Gasteiger partial charge in [-0.1, -0.05) is 43.7 Å². The highest BCUT2D eigenvalue weighted by Crippen LogP contribution is 2.13. The summed E-state index contributed by atoms with van der Waals surface area (Å²) in [5.74, 6) is -0.0264. The Bertz CT molecular complexity index is 681. The molecule has 0 atom stereocenters. The maximum atomic E-state index is 12.5. The minimum atomic E-state index is -0.0663. The Balaban J connectivity index is 1.94. The Hall–Kier alpha value is -2.62. The van der Waals surface area contributed by atoms with Crippen molar-refractivity contribution in [1.29, 1.82) is 0 Å². The number of amides is 2. The van der Waals surface area contributed by atoms with Crippen LogP contribution in [0.25, 0.3) is 0 Å². The molecule has 0 spiro atoms. The Morgan fingerprint density at radius 2 is 1.64 bits per heavy atom. The van der Waals surface area contributed by atoms with Gasteiger partial charge < -0.3 is 10.2 Å². The molecular formula is C21H26N2O2. The number of nitrogens with zero attached hydrogens (tertiary/aromatic N) is 1. The van der Waals surface area contributed by atoms with E-state index in [0.717, 1.165) is 24.9 Å². The Labute approximate surface area is 149 Å². The Morgan fingerprint density at radius 1 is 0.960 bits per heavy atom. The van der Waals surface area contributed by atoms with Crippen molar-refractivity contribution in [2.45, 2.75) is 33.1 Å². The van der Waals surface area contributed by atoms with Crippen molar-refractivity contribution in [1.82, 2.24) is 4.90 Å². The fraction of sp³-hybridized carbons (Fsp3) is 0.333. The molecule has 4 nitrogen and oxygen atoms in total. The lowest BCUT2D eigenvalue weighted by atomic mass is 10.1. The van der Waals surface area contributed by atoms with Gasteiger partial charge in [0, 0.05) is 24.3 Å². The van der Waals surface area contributed by atoms with Crippen LogP contribution in [0.1, 0.15) is 42.6 Å². The first-order valence-electron chi connectivity index (χ1n) is 8.87. The van der Waals surface area contributed by atoms with Crippen molar-refractivity contribution in [3.05, 3.63) is 65.7 Å². The third-order valence-corrected chi connectivity index (χ3v) is 4.07. The topological polar surface area (TPSA) is 49.4 Å². The normalized spacial score (nSPS) is 10.3.